The van der Waals surface area contributed by atoms with Crippen molar-refractivity contribution >= 4 is 27.5 Å². The number of amides is 1. The lowest BCUT2D eigenvalue weighted by molar-refractivity contribution is -0.116. The Morgan fingerprint density at radius 1 is 1.33 bits per heavy atom. The number of rotatable bonds is 3. The third-order valence-corrected chi connectivity index (χ3v) is 3.65. The van der Waals surface area contributed by atoms with Crippen molar-refractivity contribution < 1.29 is 4.79 Å². The number of carbonyl (C=O) groups is 1. The number of hydrogen-bond donors (Lipinski definition) is 1. The molecule has 1 heterocycles. The molecule has 0 aliphatic heterocycles. The van der Waals surface area contributed by atoms with Crippen molar-refractivity contribution in [1.29, 1.82) is 5.26 Å². The van der Waals surface area contributed by atoms with Crippen LogP contribution >= 0.6 is 15.9 Å². The van der Waals surface area contributed by atoms with E-state index >= 15 is 0 Å². The number of carbonyl (C=O) groups excluding carboxylic acids is 1. The largest absolute Gasteiger partial charge is 0.324 e. The smallest absolute Gasteiger partial charge is 0.269 e. The average Bonchev–Trinajstić information content (AvgIpc) is 2.46. The number of para-hydroxylation sites is 1. The fraction of sp³-hybridized carbons (Fsp3) is 0.133. The summed E-state index contributed by atoms with van der Waals surface area (Å²) in [5.41, 5.74) is 0.819. The number of nitriles is 1. The highest BCUT2D eigenvalue weighted by molar-refractivity contribution is 9.10. The van der Waals surface area contributed by atoms with Crippen LogP contribution in [0.15, 0.2) is 45.7 Å². The van der Waals surface area contributed by atoms with Crippen molar-refractivity contribution in [3.63, 3.8) is 0 Å². The third-order valence-electron chi connectivity index (χ3n) is 2.96. The number of halogens is 1. The van der Waals surface area contributed by atoms with Gasteiger partial charge in [0.15, 0.2) is 0 Å². The van der Waals surface area contributed by atoms with Crippen LogP contribution in [0.25, 0.3) is 0 Å². The van der Waals surface area contributed by atoms with Gasteiger partial charge >= 0.3 is 0 Å². The number of pyridine rings is 1. The number of anilines is 1. The summed E-state index contributed by atoms with van der Waals surface area (Å²) in [6.45, 7) is 1.58. The molecule has 106 valence electrons. The van der Waals surface area contributed by atoms with E-state index in [4.69, 9.17) is 5.26 Å². The van der Waals surface area contributed by atoms with Crippen LogP contribution in [-0.4, -0.2) is 10.5 Å². The molecular weight excluding hydrogens is 334 g/mol. The molecule has 21 heavy (non-hydrogen) atoms. The van der Waals surface area contributed by atoms with Gasteiger partial charge in [0.25, 0.3) is 5.56 Å². The van der Waals surface area contributed by atoms with Gasteiger partial charge in [0.1, 0.15) is 18.2 Å². The summed E-state index contributed by atoms with van der Waals surface area (Å²) in [5, 5.41) is 11.6. The van der Waals surface area contributed by atoms with Gasteiger partial charge in [-0.25, -0.2) is 0 Å². The lowest BCUT2D eigenvalue weighted by Crippen LogP contribution is -2.30. The van der Waals surface area contributed by atoms with Gasteiger partial charge in [0.05, 0.1) is 5.69 Å². The number of benzene rings is 1. The number of hydrogen-bond acceptors (Lipinski definition) is 3. The first-order valence-electron chi connectivity index (χ1n) is 6.18. The second-order valence-electron chi connectivity index (χ2n) is 4.42. The molecule has 0 saturated heterocycles. The Labute approximate surface area is 130 Å². The molecule has 1 aromatic carbocycles. The molecule has 0 spiro atoms. The summed E-state index contributed by atoms with van der Waals surface area (Å²) in [4.78, 5) is 24.1. The zero-order chi connectivity index (χ0) is 15.4. The summed E-state index contributed by atoms with van der Waals surface area (Å²) in [6.07, 6.45) is 0. The van der Waals surface area contributed by atoms with Crippen molar-refractivity contribution in [2.75, 3.05) is 5.32 Å². The highest BCUT2D eigenvalue weighted by atomic mass is 79.9. The van der Waals surface area contributed by atoms with Gasteiger partial charge in [-0.15, -0.1) is 0 Å². The van der Waals surface area contributed by atoms with Gasteiger partial charge in [-0.2, -0.15) is 5.26 Å². The molecule has 2 rings (SSSR count). The quantitative estimate of drug-likeness (QED) is 0.928. The van der Waals surface area contributed by atoms with Crippen LogP contribution in [0, 0.1) is 18.3 Å². The molecule has 0 aliphatic carbocycles. The summed E-state index contributed by atoms with van der Waals surface area (Å²) >= 11 is 3.34. The first-order chi connectivity index (χ1) is 10.0. The monoisotopic (exact) mass is 345 g/mol. The molecule has 0 saturated carbocycles. The van der Waals surface area contributed by atoms with Gasteiger partial charge < -0.3 is 9.88 Å². The van der Waals surface area contributed by atoms with Crippen LogP contribution in [0.3, 0.4) is 0 Å². The Hall–Kier alpha value is -2.39. The predicted octanol–water partition coefficient (Wildman–Crippen LogP) is 2.43. The Balaban J connectivity index is 2.24. The van der Waals surface area contributed by atoms with E-state index in [0.717, 1.165) is 4.47 Å². The molecule has 0 aliphatic rings. The fourth-order valence-electron chi connectivity index (χ4n) is 1.85. The van der Waals surface area contributed by atoms with Crippen LogP contribution in [0.4, 0.5) is 5.69 Å². The first-order valence-corrected chi connectivity index (χ1v) is 6.97. The number of aryl methyl sites for hydroxylation is 1. The summed E-state index contributed by atoms with van der Waals surface area (Å²) in [7, 11) is 0. The van der Waals surface area contributed by atoms with Gasteiger partial charge in [-0.3, -0.25) is 9.59 Å². The highest BCUT2D eigenvalue weighted by Crippen LogP contribution is 2.21. The fourth-order valence-corrected chi connectivity index (χ4v) is 2.23. The van der Waals surface area contributed by atoms with Crippen molar-refractivity contribution in [2.24, 2.45) is 0 Å². The zero-order valence-electron chi connectivity index (χ0n) is 11.3. The number of nitrogens with zero attached hydrogens (tertiary/aromatic N) is 2. The molecule has 2 aromatic rings. The third kappa shape index (κ3) is 3.38. The first kappa shape index (κ1) is 15.0. The van der Waals surface area contributed by atoms with E-state index in [-0.39, 0.29) is 18.0 Å². The predicted molar refractivity (Wildman–Crippen MR) is 82.9 cm³/mol. The van der Waals surface area contributed by atoms with Gasteiger partial charge in [-0.1, -0.05) is 12.1 Å². The maximum Gasteiger partial charge on any atom is 0.269 e. The summed E-state index contributed by atoms with van der Waals surface area (Å²) in [6, 6.07) is 12.1. The van der Waals surface area contributed by atoms with Gasteiger partial charge in [0, 0.05) is 10.2 Å². The van der Waals surface area contributed by atoms with Crippen molar-refractivity contribution in [3.8, 4) is 6.07 Å². The summed E-state index contributed by atoms with van der Waals surface area (Å²) in [5.74, 6) is -0.331. The molecule has 0 atom stereocenters. The molecule has 6 heteroatoms. The van der Waals surface area contributed by atoms with E-state index in [0.29, 0.717) is 11.4 Å². The lowest BCUT2D eigenvalue weighted by Gasteiger charge is -2.11. The normalized spacial score (nSPS) is 9.95. The van der Waals surface area contributed by atoms with E-state index in [1.54, 1.807) is 25.1 Å². The van der Waals surface area contributed by atoms with E-state index in [1.807, 2.05) is 18.2 Å². The molecule has 1 N–H and O–H groups in total. The van der Waals surface area contributed by atoms with Crippen molar-refractivity contribution in [1.82, 2.24) is 4.57 Å². The highest BCUT2D eigenvalue weighted by Gasteiger charge is 2.11. The van der Waals surface area contributed by atoms with E-state index in [2.05, 4.69) is 21.2 Å². The maximum absolute atomic E-state index is 12.1. The second kappa shape index (κ2) is 6.37. The number of nitrogens with one attached hydrogen (secondary N) is 1. The van der Waals surface area contributed by atoms with Gasteiger partial charge in [0.2, 0.25) is 5.91 Å². The Morgan fingerprint density at radius 2 is 2.05 bits per heavy atom. The zero-order valence-corrected chi connectivity index (χ0v) is 12.8. The lowest BCUT2D eigenvalue weighted by atomic mass is 10.2. The standard InChI is InChI=1S/C15H12BrN3O2/c1-10-6-7-11(8-17)15(21)19(10)9-14(20)18-13-5-3-2-4-12(13)16/h2-7H,9H2,1H3,(H,18,20). The molecule has 5 nitrogen and oxygen atoms in total. The number of aromatic nitrogens is 1. The van der Waals surface area contributed by atoms with E-state index < -0.39 is 5.56 Å². The molecular formula is C15H12BrN3O2. The molecule has 0 radical (unpaired) electrons. The van der Waals surface area contributed by atoms with Crippen molar-refractivity contribution in [3.05, 3.63) is 62.5 Å². The average molecular weight is 346 g/mol. The van der Waals surface area contributed by atoms with Crippen LogP contribution in [0.2, 0.25) is 0 Å². The minimum absolute atomic E-state index is 0.0225. The van der Waals surface area contributed by atoms with E-state index in [9.17, 15) is 9.59 Å². The molecule has 0 fully saturated rings. The summed E-state index contributed by atoms with van der Waals surface area (Å²) < 4.78 is 2.04. The second-order valence-corrected chi connectivity index (χ2v) is 5.27. The van der Waals surface area contributed by atoms with Crippen LogP contribution < -0.4 is 10.9 Å². The molecule has 1 aromatic heterocycles. The van der Waals surface area contributed by atoms with Crippen LogP contribution in [-0.2, 0) is 11.3 Å². The van der Waals surface area contributed by atoms with Crippen LogP contribution in [0.5, 0.6) is 0 Å². The Bertz CT molecular complexity index is 790. The Morgan fingerprint density at radius 3 is 2.71 bits per heavy atom. The Kier molecular flexibility index (Phi) is 4.55. The molecule has 1 amide bonds. The van der Waals surface area contributed by atoms with Crippen molar-refractivity contribution in [2.45, 2.75) is 13.5 Å². The molecule has 0 bridgehead atoms. The minimum Gasteiger partial charge on any atom is -0.324 e. The minimum atomic E-state index is -0.459. The maximum atomic E-state index is 12.1. The molecule has 0 unspecified atom stereocenters. The van der Waals surface area contributed by atoms with Gasteiger partial charge in [-0.05, 0) is 47.1 Å². The topological polar surface area (TPSA) is 74.9 Å². The van der Waals surface area contributed by atoms with Crippen LogP contribution in [0.1, 0.15) is 11.3 Å². The SMILES string of the molecule is Cc1ccc(C#N)c(=O)n1CC(=O)Nc1ccccc1Br. The van der Waals surface area contributed by atoms with E-state index in [1.165, 1.54) is 10.6 Å².